The van der Waals surface area contributed by atoms with Crippen LogP contribution in [0.4, 0.5) is 0 Å². The summed E-state index contributed by atoms with van der Waals surface area (Å²) in [5.41, 5.74) is 1.15. The highest BCUT2D eigenvalue weighted by Gasteiger charge is 2.63. The molecule has 0 radical (unpaired) electrons. The highest BCUT2D eigenvalue weighted by Crippen LogP contribution is 2.40. The predicted octanol–water partition coefficient (Wildman–Crippen LogP) is 0.540. The highest BCUT2D eigenvalue weighted by molar-refractivity contribution is 5.89. The van der Waals surface area contributed by atoms with Gasteiger partial charge in [-0.2, -0.15) is 0 Å². The Labute approximate surface area is 353 Å². The summed E-state index contributed by atoms with van der Waals surface area (Å²) >= 11 is 0. The lowest BCUT2D eigenvalue weighted by Gasteiger charge is -2.43. The van der Waals surface area contributed by atoms with Crippen LogP contribution in [-0.2, 0) is 42.8 Å². The maximum absolute atomic E-state index is 13.6. The molecule has 62 heavy (non-hydrogen) atoms. The molecule has 0 amide bonds. The smallest absolute Gasteiger partial charge is 0.331 e. The van der Waals surface area contributed by atoms with Crippen LogP contribution in [0.1, 0.15) is 16.7 Å². The standard InChI is InChI=1S/C42H46O20/c1-54-28-16-22(4-10-25(28)45)7-13-33(48)57-20-32-39(59-34(49)14-8-23-5-11-26(46)29(17-23)55-2)40(60-35(50)15-9-24-6-12-27(47)30(18-24)56-3)42(21-44,61-32)62-41-38(53)37(52)36(51)31(19-43)58-41/h4-18,31-32,36-41,43-47,51-53H,19-21H2,1-3H3. The minimum absolute atomic E-state index is 0.0812. The second-order valence-corrected chi connectivity index (χ2v) is 13.6. The Hall–Kier alpha value is -6.23. The molecule has 8 N–H and O–H groups in total. The van der Waals surface area contributed by atoms with Gasteiger partial charge in [0.2, 0.25) is 5.79 Å². The molecule has 3 aromatic carbocycles. The van der Waals surface area contributed by atoms with Crippen LogP contribution in [0.5, 0.6) is 34.5 Å². The number of esters is 3. The van der Waals surface area contributed by atoms with Gasteiger partial charge in [0, 0.05) is 18.2 Å². The van der Waals surface area contributed by atoms with Crippen LogP contribution in [0, 0.1) is 0 Å². The summed E-state index contributed by atoms with van der Waals surface area (Å²) in [6.07, 6.45) is -8.01. The zero-order chi connectivity index (χ0) is 45.1. The van der Waals surface area contributed by atoms with E-state index in [1.54, 1.807) is 0 Å². The molecule has 2 fully saturated rings. The van der Waals surface area contributed by atoms with E-state index in [2.05, 4.69) is 0 Å². The van der Waals surface area contributed by atoms with Crippen LogP contribution in [0.25, 0.3) is 18.2 Å². The zero-order valence-electron chi connectivity index (χ0n) is 33.4. The van der Waals surface area contributed by atoms with E-state index in [9.17, 15) is 55.2 Å². The Morgan fingerprint density at radius 1 is 0.645 bits per heavy atom. The molecule has 2 saturated heterocycles. The molecular formula is C42H46O20. The molecule has 2 aliphatic heterocycles. The van der Waals surface area contributed by atoms with Crippen molar-refractivity contribution in [2.24, 2.45) is 0 Å². The maximum atomic E-state index is 13.6. The van der Waals surface area contributed by atoms with E-state index in [1.165, 1.54) is 94.2 Å². The quantitative estimate of drug-likeness (QED) is 0.0522. The molecule has 0 spiro atoms. The van der Waals surface area contributed by atoms with Gasteiger partial charge in [0.1, 0.15) is 43.7 Å². The molecule has 0 aliphatic carbocycles. The molecule has 20 nitrogen and oxygen atoms in total. The number of phenolic OH excluding ortho intramolecular Hbond substituents is 3. The largest absolute Gasteiger partial charge is 0.504 e. The third kappa shape index (κ3) is 11.2. The van der Waals surface area contributed by atoms with Crippen LogP contribution in [0.15, 0.2) is 72.8 Å². The molecule has 2 heterocycles. The fourth-order valence-corrected chi connectivity index (χ4v) is 6.32. The minimum Gasteiger partial charge on any atom is -0.504 e. The van der Waals surface area contributed by atoms with Crippen molar-refractivity contribution in [2.45, 2.75) is 54.8 Å². The molecule has 0 saturated carbocycles. The molecule has 0 aromatic heterocycles. The number of phenols is 3. The van der Waals surface area contributed by atoms with E-state index in [4.69, 9.17) is 42.6 Å². The maximum Gasteiger partial charge on any atom is 0.331 e. The topological polar surface area (TPSA) is 296 Å². The van der Waals surface area contributed by atoms with Gasteiger partial charge in [-0.25, -0.2) is 14.4 Å². The highest BCUT2D eigenvalue weighted by atomic mass is 16.8. The molecule has 9 unspecified atom stereocenters. The summed E-state index contributed by atoms with van der Waals surface area (Å²) in [7, 11) is 3.97. The monoisotopic (exact) mass is 870 g/mol. The number of rotatable bonds is 17. The van der Waals surface area contributed by atoms with Crippen molar-refractivity contribution in [3.63, 3.8) is 0 Å². The zero-order valence-corrected chi connectivity index (χ0v) is 33.4. The molecule has 334 valence electrons. The number of aliphatic hydroxyl groups is 5. The first-order valence-electron chi connectivity index (χ1n) is 18.7. The summed E-state index contributed by atoms with van der Waals surface area (Å²) in [6.45, 7) is -2.88. The number of hydrogen-bond donors (Lipinski definition) is 8. The van der Waals surface area contributed by atoms with Crippen molar-refractivity contribution < 1.29 is 97.9 Å². The molecular weight excluding hydrogens is 824 g/mol. The Kier molecular flexibility index (Phi) is 15.9. The van der Waals surface area contributed by atoms with Crippen LogP contribution in [0.2, 0.25) is 0 Å². The Morgan fingerprint density at radius 2 is 1.11 bits per heavy atom. The fourth-order valence-electron chi connectivity index (χ4n) is 6.32. The molecule has 20 heteroatoms. The van der Waals surface area contributed by atoms with Crippen molar-refractivity contribution in [2.75, 3.05) is 41.2 Å². The lowest BCUT2D eigenvalue weighted by molar-refractivity contribution is -0.383. The summed E-state index contributed by atoms with van der Waals surface area (Å²) in [5.74, 6) is -6.08. The number of carbonyl (C=O) groups excluding carboxylic acids is 3. The molecule has 5 rings (SSSR count). The van der Waals surface area contributed by atoms with Gasteiger partial charge in [-0.15, -0.1) is 0 Å². The second-order valence-electron chi connectivity index (χ2n) is 13.6. The molecule has 9 atom stereocenters. The van der Waals surface area contributed by atoms with E-state index < -0.39 is 92.5 Å². The lowest BCUT2D eigenvalue weighted by Crippen LogP contribution is -2.63. The second kappa shape index (κ2) is 21.0. The lowest BCUT2D eigenvalue weighted by atomic mass is 9.99. The first-order chi connectivity index (χ1) is 29.6. The third-order valence-electron chi connectivity index (χ3n) is 9.57. The minimum atomic E-state index is -2.66. The first kappa shape index (κ1) is 46.8. The number of aliphatic hydroxyl groups excluding tert-OH is 5. The number of methoxy groups -OCH3 is 3. The van der Waals surface area contributed by atoms with Crippen molar-refractivity contribution in [3.05, 3.63) is 89.5 Å². The van der Waals surface area contributed by atoms with E-state index in [-0.39, 0.29) is 34.5 Å². The van der Waals surface area contributed by atoms with Gasteiger partial charge in [0.05, 0.1) is 27.9 Å². The van der Waals surface area contributed by atoms with E-state index >= 15 is 0 Å². The van der Waals surface area contributed by atoms with Crippen molar-refractivity contribution in [3.8, 4) is 34.5 Å². The van der Waals surface area contributed by atoms with E-state index in [1.807, 2.05) is 0 Å². The fraction of sp³-hybridized carbons (Fsp3) is 0.357. The average Bonchev–Trinajstić information content (AvgIpc) is 3.55. The Balaban J connectivity index is 1.50. The summed E-state index contributed by atoms with van der Waals surface area (Å²) in [5, 5.41) is 82.4. The Morgan fingerprint density at radius 3 is 1.56 bits per heavy atom. The SMILES string of the molecule is COc1cc(C=CC(=O)OCC2OC(CO)(OC3OC(CO)C(O)C(O)C3O)C(OC(=O)C=Cc3ccc(O)c(OC)c3)C2OC(=O)C=Cc2ccc(O)c(OC)c2)ccc1O. The average molecular weight is 871 g/mol. The van der Waals surface area contributed by atoms with Crippen LogP contribution >= 0.6 is 0 Å². The van der Waals surface area contributed by atoms with Gasteiger partial charge in [-0.05, 0) is 71.3 Å². The summed E-state index contributed by atoms with van der Waals surface area (Å²) in [6, 6.07) is 12.6. The predicted molar refractivity (Wildman–Crippen MR) is 211 cm³/mol. The van der Waals surface area contributed by atoms with Gasteiger partial charge >= 0.3 is 17.9 Å². The van der Waals surface area contributed by atoms with Crippen molar-refractivity contribution >= 4 is 36.1 Å². The van der Waals surface area contributed by atoms with E-state index in [0.29, 0.717) is 16.7 Å². The van der Waals surface area contributed by atoms with Gasteiger partial charge in [-0.1, -0.05) is 18.2 Å². The van der Waals surface area contributed by atoms with E-state index in [0.717, 1.165) is 18.2 Å². The van der Waals surface area contributed by atoms with Crippen molar-refractivity contribution in [1.29, 1.82) is 0 Å². The number of hydrogen-bond acceptors (Lipinski definition) is 20. The molecule has 0 bridgehead atoms. The van der Waals surface area contributed by atoms with Crippen LogP contribution < -0.4 is 14.2 Å². The van der Waals surface area contributed by atoms with Gasteiger partial charge in [-0.3, -0.25) is 0 Å². The van der Waals surface area contributed by atoms with Gasteiger partial charge in [0.25, 0.3) is 0 Å². The number of benzene rings is 3. The third-order valence-corrected chi connectivity index (χ3v) is 9.57. The van der Waals surface area contributed by atoms with Crippen LogP contribution in [-0.4, -0.2) is 155 Å². The number of aromatic hydroxyl groups is 3. The first-order valence-corrected chi connectivity index (χ1v) is 18.7. The summed E-state index contributed by atoms with van der Waals surface area (Å²) in [4.78, 5) is 40.1. The summed E-state index contributed by atoms with van der Waals surface area (Å²) < 4.78 is 49.7. The Bertz CT molecular complexity index is 2130. The van der Waals surface area contributed by atoms with Crippen LogP contribution in [0.3, 0.4) is 0 Å². The number of carbonyl (C=O) groups is 3. The number of ether oxygens (including phenoxy) is 9. The van der Waals surface area contributed by atoms with Gasteiger partial charge < -0.3 is 83.5 Å². The van der Waals surface area contributed by atoms with Crippen molar-refractivity contribution in [1.82, 2.24) is 0 Å². The normalized spacial score (nSPS) is 26.1. The molecule has 3 aromatic rings. The van der Waals surface area contributed by atoms with Gasteiger partial charge in [0.15, 0.2) is 53.0 Å². The molecule has 2 aliphatic rings.